The van der Waals surface area contributed by atoms with Crippen molar-refractivity contribution < 1.29 is 14.0 Å². The van der Waals surface area contributed by atoms with Gasteiger partial charge in [-0.05, 0) is 69.2 Å². The van der Waals surface area contributed by atoms with Gasteiger partial charge in [-0.15, -0.1) is 0 Å². The number of nitrogens with zero attached hydrogens (tertiary/aromatic N) is 1. The molecule has 5 nitrogen and oxygen atoms in total. The van der Waals surface area contributed by atoms with E-state index in [1.807, 2.05) is 6.07 Å². The van der Waals surface area contributed by atoms with E-state index < -0.39 is 0 Å². The first kappa shape index (κ1) is 22.6. The Morgan fingerprint density at radius 2 is 1.91 bits per heavy atom. The zero-order valence-corrected chi connectivity index (χ0v) is 18.8. The fourth-order valence-corrected chi connectivity index (χ4v) is 4.92. The smallest absolute Gasteiger partial charge is 0.262 e. The van der Waals surface area contributed by atoms with Crippen LogP contribution in [0.25, 0.3) is 6.08 Å². The van der Waals surface area contributed by atoms with Crippen molar-refractivity contribution in [2.75, 3.05) is 31.5 Å². The van der Waals surface area contributed by atoms with Crippen LogP contribution in [0.2, 0.25) is 0 Å². The third kappa shape index (κ3) is 5.78. The van der Waals surface area contributed by atoms with Gasteiger partial charge in [0.15, 0.2) is 0 Å². The lowest BCUT2D eigenvalue weighted by Crippen LogP contribution is -2.30. The van der Waals surface area contributed by atoms with Crippen molar-refractivity contribution in [2.24, 2.45) is 0 Å². The lowest BCUT2D eigenvalue weighted by atomic mass is 10.1. The lowest BCUT2D eigenvalue weighted by Gasteiger charge is -2.20. The van der Waals surface area contributed by atoms with Gasteiger partial charge >= 0.3 is 0 Å². The Labute approximate surface area is 192 Å². The van der Waals surface area contributed by atoms with Crippen LogP contribution in [0.4, 0.5) is 10.1 Å². The molecule has 1 saturated heterocycles. The summed E-state index contributed by atoms with van der Waals surface area (Å²) in [7, 11) is 0. The van der Waals surface area contributed by atoms with Crippen molar-refractivity contribution in [1.29, 1.82) is 0 Å². The number of benzene rings is 2. The molecule has 0 aromatic heterocycles. The highest BCUT2D eigenvalue weighted by atomic mass is 32.2. The maximum atomic E-state index is 13.9. The second-order valence-corrected chi connectivity index (χ2v) is 9.25. The summed E-state index contributed by atoms with van der Waals surface area (Å²) in [5.74, 6) is -0.821. The van der Waals surface area contributed by atoms with Gasteiger partial charge in [0.25, 0.3) is 11.8 Å². The first-order valence-electron chi connectivity index (χ1n) is 11.2. The minimum Gasteiger partial charge on any atom is -0.352 e. The molecule has 0 radical (unpaired) electrons. The Balaban J connectivity index is 1.34. The van der Waals surface area contributed by atoms with Crippen LogP contribution in [-0.2, 0) is 4.79 Å². The van der Waals surface area contributed by atoms with Crippen LogP contribution in [0.5, 0.6) is 0 Å². The molecule has 0 saturated carbocycles. The molecule has 1 fully saturated rings. The van der Waals surface area contributed by atoms with Gasteiger partial charge in [0.1, 0.15) is 5.82 Å². The monoisotopic (exact) mass is 453 g/mol. The van der Waals surface area contributed by atoms with Crippen molar-refractivity contribution in [3.05, 3.63) is 64.3 Å². The van der Waals surface area contributed by atoms with Crippen molar-refractivity contribution in [1.82, 2.24) is 10.2 Å². The second-order valence-electron chi connectivity index (χ2n) is 8.16. The average Bonchev–Trinajstić information content (AvgIpc) is 3.07. The zero-order chi connectivity index (χ0) is 22.3. The van der Waals surface area contributed by atoms with E-state index in [1.165, 1.54) is 43.5 Å². The average molecular weight is 454 g/mol. The molecule has 2 N–H and O–H groups in total. The van der Waals surface area contributed by atoms with E-state index in [2.05, 4.69) is 15.5 Å². The molecule has 2 aliphatic rings. The molecule has 32 heavy (non-hydrogen) atoms. The van der Waals surface area contributed by atoms with Crippen molar-refractivity contribution in [3.8, 4) is 0 Å². The highest BCUT2D eigenvalue weighted by Crippen LogP contribution is 2.39. The molecule has 0 spiro atoms. The molecular formula is C25H28FN3O2S. The first-order chi connectivity index (χ1) is 15.6. The van der Waals surface area contributed by atoms with E-state index in [-0.39, 0.29) is 17.6 Å². The Morgan fingerprint density at radius 3 is 2.69 bits per heavy atom. The number of thioether (sulfide) groups is 1. The largest absolute Gasteiger partial charge is 0.352 e. The number of anilines is 1. The number of likely N-dealkylation sites (tertiary alicyclic amines) is 1. The Hall–Kier alpha value is -2.64. The molecule has 2 aromatic rings. The molecule has 2 amide bonds. The van der Waals surface area contributed by atoms with E-state index >= 15 is 0 Å². The van der Waals surface area contributed by atoms with E-state index in [4.69, 9.17) is 0 Å². The number of hydrogen-bond donors (Lipinski definition) is 2. The summed E-state index contributed by atoms with van der Waals surface area (Å²) in [5.41, 5.74) is 1.48. The number of amides is 2. The fourth-order valence-electron chi connectivity index (χ4n) is 4.00. The minimum absolute atomic E-state index is 0.143. The number of hydrogen-bond acceptors (Lipinski definition) is 4. The summed E-state index contributed by atoms with van der Waals surface area (Å²) in [5, 5.41) is 5.81. The Kier molecular flexibility index (Phi) is 7.60. The van der Waals surface area contributed by atoms with Gasteiger partial charge in [0, 0.05) is 22.6 Å². The molecular weight excluding hydrogens is 425 g/mol. The second kappa shape index (κ2) is 10.8. The van der Waals surface area contributed by atoms with Gasteiger partial charge in [-0.3, -0.25) is 9.59 Å². The van der Waals surface area contributed by atoms with Gasteiger partial charge in [0.05, 0.1) is 10.6 Å². The summed E-state index contributed by atoms with van der Waals surface area (Å²) in [6.45, 7) is 3.95. The zero-order valence-electron chi connectivity index (χ0n) is 18.0. The number of carbonyl (C=O) groups is 2. The minimum atomic E-state index is -0.373. The molecule has 4 rings (SSSR count). The standard InChI is InChI=1S/C25H28FN3O2S/c26-20-9-4-3-8-18(20)17-23-25(31)28-21-16-19(10-11-22(21)32-23)24(30)27-12-7-15-29-13-5-1-2-6-14-29/h3-4,8-11,16-17H,1-2,5-7,12-15H2,(H,27,30)(H,28,31). The Morgan fingerprint density at radius 1 is 1.12 bits per heavy atom. The SMILES string of the molecule is O=C1Nc2cc(C(=O)NCCCN3CCCCCC3)ccc2SC1=Cc1ccccc1F. The highest BCUT2D eigenvalue weighted by Gasteiger charge is 2.22. The molecule has 2 aromatic carbocycles. The topological polar surface area (TPSA) is 61.4 Å². The maximum absolute atomic E-state index is 13.9. The Bertz CT molecular complexity index is 1020. The van der Waals surface area contributed by atoms with Gasteiger partial charge in [-0.2, -0.15) is 0 Å². The van der Waals surface area contributed by atoms with Crippen LogP contribution < -0.4 is 10.6 Å². The van der Waals surface area contributed by atoms with Crippen LogP contribution in [0.1, 0.15) is 48.0 Å². The van der Waals surface area contributed by atoms with Crippen LogP contribution >= 0.6 is 11.8 Å². The molecule has 0 unspecified atom stereocenters. The van der Waals surface area contributed by atoms with E-state index in [0.717, 1.165) is 31.0 Å². The quantitative estimate of drug-likeness (QED) is 0.482. The van der Waals surface area contributed by atoms with Crippen LogP contribution in [-0.4, -0.2) is 42.9 Å². The number of carbonyl (C=O) groups excluding carboxylic acids is 2. The summed E-state index contributed by atoms with van der Waals surface area (Å²) in [6.07, 6.45) is 7.64. The van der Waals surface area contributed by atoms with E-state index in [1.54, 1.807) is 36.4 Å². The lowest BCUT2D eigenvalue weighted by molar-refractivity contribution is -0.112. The van der Waals surface area contributed by atoms with Crippen molar-refractivity contribution in [3.63, 3.8) is 0 Å². The normalized spacial score (nSPS) is 18.0. The van der Waals surface area contributed by atoms with Crippen molar-refractivity contribution >= 4 is 35.3 Å². The van der Waals surface area contributed by atoms with E-state index in [9.17, 15) is 14.0 Å². The molecule has 2 aliphatic heterocycles. The predicted molar refractivity (Wildman–Crippen MR) is 127 cm³/mol. The van der Waals surface area contributed by atoms with Gasteiger partial charge < -0.3 is 15.5 Å². The summed E-state index contributed by atoms with van der Waals surface area (Å²) < 4.78 is 13.9. The maximum Gasteiger partial charge on any atom is 0.262 e. The van der Waals surface area contributed by atoms with Crippen LogP contribution in [0.15, 0.2) is 52.3 Å². The van der Waals surface area contributed by atoms with Gasteiger partial charge in [-0.25, -0.2) is 4.39 Å². The van der Waals surface area contributed by atoms with Crippen LogP contribution in [0, 0.1) is 5.82 Å². The van der Waals surface area contributed by atoms with E-state index in [0.29, 0.717) is 28.3 Å². The number of nitrogens with one attached hydrogen (secondary N) is 2. The number of rotatable bonds is 6. The molecule has 0 aliphatic carbocycles. The molecule has 2 heterocycles. The first-order valence-corrected chi connectivity index (χ1v) is 12.0. The fraction of sp³-hybridized carbons (Fsp3) is 0.360. The van der Waals surface area contributed by atoms with Crippen molar-refractivity contribution in [2.45, 2.75) is 37.0 Å². The van der Waals surface area contributed by atoms with Gasteiger partial charge in [0.2, 0.25) is 0 Å². The molecule has 0 bridgehead atoms. The third-order valence-corrected chi connectivity index (χ3v) is 6.86. The molecule has 0 atom stereocenters. The summed E-state index contributed by atoms with van der Waals surface area (Å²) in [4.78, 5) is 28.8. The highest BCUT2D eigenvalue weighted by molar-refractivity contribution is 8.04. The summed E-state index contributed by atoms with van der Waals surface area (Å²) >= 11 is 1.27. The predicted octanol–water partition coefficient (Wildman–Crippen LogP) is 4.91. The van der Waals surface area contributed by atoms with Gasteiger partial charge in [-0.1, -0.05) is 42.8 Å². The molecule has 7 heteroatoms. The van der Waals surface area contributed by atoms with Crippen LogP contribution in [0.3, 0.4) is 0 Å². The number of halogens is 1. The summed E-state index contributed by atoms with van der Waals surface area (Å²) in [6, 6.07) is 11.6. The number of fused-ring (bicyclic) bond motifs is 1. The molecule has 168 valence electrons. The third-order valence-electron chi connectivity index (χ3n) is 5.76.